The summed E-state index contributed by atoms with van der Waals surface area (Å²) in [5.41, 5.74) is 0. The molecule has 2 aromatic rings. The molecule has 0 aromatic heterocycles. The highest BCUT2D eigenvalue weighted by Crippen LogP contribution is 2.23. The Hall–Kier alpha value is -2.23. The predicted molar refractivity (Wildman–Crippen MR) is 108 cm³/mol. The first-order valence-corrected chi connectivity index (χ1v) is 11.2. The topological polar surface area (TPSA) is 66.9 Å². The first-order chi connectivity index (χ1) is 14.3. The fraction of sp³-hybridized carbons (Fsp3) is 0.350. The highest BCUT2D eigenvalue weighted by molar-refractivity contribution is 7.89. The summed E-state index contributed by atoms with van der Waals surface area (Å²) in [4.78, 5) is 13.9. The second-order valence-corrected chi connectivity index (χ2v) is 9.11. The number of ether oxygens (including phenoxy) is 1. The van der Waals surface area contributed by atoms with Crippen molar-refractivity contribution in [2.45, 2.75) is 17.7 Å². The predicted octanol–water partition coefficient (Wildman–Crippen LogP) is 3.31. The van der Waals surface area contributed by atoms with Crippen LogP contribution in [-0.2, 0) is 14.8 Å². The summed E-state index contributed by atoms with van der Waals surface area (Å²) in [5, 5.41) is -0.257. The second kappa shape index (κ2) is 9.72. The van der Waals surface area contributed by atoms with Crippen LogP contribution in [0.4, 0.5) is 8.78 Å². The molecule has 0 spiro atoms. The summed E-state index contributed by atoms with van der Waals surface area (Å²) < 4.78 is 58.3. The van der Waals surface area contributed by atoms with E-state index in [1.165, 1.54) is 34.6 Å². The number of rotatable bonds is 7. The zero-order valence-electron chi connectivity index (χ0n) is 16.1. The summed E-state index contributed by atoms with van der Waals surface area (Å²) in [6, 6.07) is 8.92. The maximum absolute atomic E-state index is 13.3. The molecule has 3 rings (SSSR count). The Labute approximate surface area is 179 Å². The number of piperazine rings is 1. The van der Waals surface area contributed by atoms with Gasteiger partial charge in [-0.25, -0.2) is 17.2 Å². The van der Waals surface area contributed by atoms with E-state index in [9.17, 15) is 22.0 Å². The van der Waals surface area contributed by atoms with Crippen LogP contribution in [0.3, 0.4) is 0 Å². The molecule has 1 fully saturated rings. The average molecular weight is 459 g/mol. The number of halogens is 3. The van der Waals surface area contributed by atoms with Crippen molar-refractivity contribution in [2.75, 3.05) is 32.8 Å². The normalized spacial score (nSPS) is 15.2. The maximum Gasteiger partial charge on any atom is 0.243 e. The lowest BCUT2D eigenvalue weighted by Crippen LogP contribution is -2.50. The van der Waals surface area contributed by atoms with E-state index in [1.54, 1.807) is 4.90 Å². The number of sulfonamides is 1. The molecule has 162 valence electrons. The van der Waals surface area contributed by atoms with Crippen molar-refractivity contribution >= 4 is 27.5 Å². The van der Waals surface area contributed by atoms with Crippen LogP contribution >= 0.6 is 11.6 Å². The first-order valence-electron chi connectivity index (χ1n) is 9.39. The molecule has 0 saturated carbocycles. The van der Waals surface area contributed by atoms with Crippen LogP contribution in [0, 0.1) is 11.6 Å². The fourth-order valence-corrected chi connectivity index (χ4v) is 4.76. The molecule has 1 aliphatic rings. The lowest BCUT2D eigenvalue weighted by atomic mass is 10.2. The van der Waals surface area contributed by atoms with Crippen molar-refractivity contribution in [3.63, 3.8) is 0 Å². The monoisotopic (exact) mass is 458 g/mol. The number of amides is 1. The van der Waals surface area contributed by atoms with Gasteiger partial charge in [0.25, 0.3) is 0 Å². The summed E-state index contributed by atoms with van der Waals surface area (Å²) >= 11 is 5.69. The molecular weight excluding hydrogens is 438 g/mol. The Morgan fingerprint density at radius 3 is 2.33 bits per heavy atom. The first kappa shape index (κ1) is 22.5. The van der Waals surface area contributed by atoms with Crippen molar-refractivity contribution in [1.82, 2.24) is 9.21 Å². The second-order valence-electron chi connectivity index (χ2n) is 6.77. The summed E-state index contributed by atoms with van der Waals surface area (Å²) in [6.45, 7) is 1.15. The third-order valence-electron chi connectivity index (χ3n) is 4.74. The van der Waals surface area contributed by atoms with Crippen LogP contribution < -0.4 is 4.74 Å². The van der Waals surface area contributed by atoms with E-state index in [0.717, 1.165) is 12.1 Å². The lowest BCUT2D eigenvalue weighted by Gasteiger charge is -2.34. The Balaban J connectivity index is 1.45. The zero-order valence-corrected chi connectivity index (χ0v) is 17.6. The summed E-state index contributed by atoms with van der Waals surface area (Å²) in [5.74, 6) is -0.584. The van der Waals surface area contributed by atoms with Crippen molar-refractivity contribution < 1.29 is 26.7 Å². The molecule has 0 unspecified atom stereocenters. The van der Waals surface area contributed by atoms with Crippen LogP contribution in [0.1, 0.15) is 12.8 Å². The minimum Gasteiger partial charge on any atom is -0.494 e. The molecule has 0 bridgehead atoms. The minimum atomic E-state index is -3.81. The fourth-order valence-electron chi connectivity index (χ4n) is 3.07. The van der Waals surface area contributed by atoms with Crippen molar-refractivity contribution in [1.29, 1.82) is 0 Å². The van der Waals surface area contributed by atoms with Crippen molar-refractivity contribution in [2.24, 2.45) is 0 Å². The average Bonchev–Trinajstić information content (AvgIpc) is 2.74. The number of hydrogen-bond donors (Lipinski definition) is 0. The van der Waals surface area contributed by atoms with E-state index in [2.05, 4.69) is 0 Å². The van der Waals surface area contributed by atoms with Gasteiger partial charge in [0.05, 0.1) is 16.5 Å². The maximum atomic E-state index is 13.3. The third kappa shape index (κ3) is 5.47. The summed E-state index contributed by atoms with van der Waals surface area (Å²) in [7, 11) is -3.81. The molecule has 6 nitrogen and oxygen atoms in total. The van der Waals surface area contributed by atoms with Gasteiger partial charge in [0, 0.05) is 32.6 Å². The van der Waals surface area contributed by atoms with E-state index < -0.39 is 15.8 Å². The van der Waals surface area contributed by atoms with Gasteiger partial charge in [0.15, 0.2) is 0 Å². The Morgan fingerprint density at radius 1 is 1.03 bits per heavy atom. The largest absolute Gasteiger partial charge is 0.494 e. The van der Waals surface area contributed by atoms with Gasteiger partial charge in [-0.3, -0.25) is 4.79 Å². The SMILES string of the molecule is O=C(CCCOc1ccc(F)cc1)N1CCN(S(=O)(=O)c2ccc(F)c(Cl)c2)CC1. The van der Waals surface area contributed by atoms with Crippen molar-refractivity contribution in [3.8, 4) is 5.75 Å². The lowest BCUT2D eigenvalue weighted by molar-refractivity contribution is -0.132. The van der Waals surface area contributed by atoms with Gasteiger partial charge in [-0.15, -0.1) is 0 Å². The van der Waals surface area contributed by atoms with Crippen LogP contribution in [0.2, 0.25) is 5.02 Å². The molecule has 1 aliphatic heterocycles. The van der Waals surface area contributed by atoms with Gasteiger partial charge in [-0.1, -0.05) is 11.6 Å². The van der Waals surface area contributed by atoms with E-state index >= 15 is 0 Å². The standard InChI is InChI=1S/C20H21ClF2N2O4S/c21-18-14-17(7-8-19(18)23)30(27,28)25-11-9-24(10-12-25)20(26)2-1-13-29-16-5-3-15(22)4-6-16/h3-8,14H,1-2,9-13H2. The number of hydrogen-bond acceptors (Lipinski definition) is 4. The molecule has 1 saturated heterocycles. The van der Waals surface area contributed by atoms with E-state index in [4.69, 9.17) is 16.3 Å². The van der Waals surface area contributed by atoms with Crippen LogP contribution in [0.5, 0.6) is 5.75 Å². The zero-order chi connectivity index (χ0) is 21.7. The molecule has 30 heavy (non-hydrogen) atoms. The molecule has 0 radical (unpaired) electrons. The Bertz CT molecular complexity index is 994. The third-order valence-corrected chi connectivity index (χ3v) is 6.92. The number of carbonyl (C=O) groups excluding carboxylic acids is 1. The van der Waals surface area contributed by atoms with Crippen LogP contribution in [0.25, 0.3) is 0 Å². The van der Waals surface area contributed by atoms with E-state index in [1.807, 2.05) is 0 Å². The van der Waals surface area contributed by atoms with Crippen LogP contribution in [0.15, 0.2) is 47.4 Å². The molecule has 2 aromatic carbocycles. The van der Waals surface area contributed by atoms with Gasteiger partial charge in [0.1, 0.15) is 17.4 Å². The molecule has 1 heterocycles. The summed E-state index contributed by atoms with van der Waals surface area (Å²) in [6.07, 6.45) is 0.754. The van der Waals surface area contributed by atoms with E-state index in [-0.39, 0.29) is 54.2 Å². The highest BCUT2D eigenvalue weighted by Gasteiger charge is 2.30. The van der Waals surface area contributed by atoms with Gasteiger partial charge < -0.3 is 9.64 Å². The van der Waals surface area contributed by atoms with Gasteiger partial charge in [0.2, 0.25) is 15.9 Å². The van der Waals surface area contributed by atoms with Crippen LogP contribution in [-0.4, -0.2) is 56.3 Å². The highest BCUT2D eigenvalue weighted by atomic mass is 35.5. The number of nitrogens with zero attached hydrogens (tertiary/aromatic N) is 2. The van der Waals surface area contributed by atoms with Gasteiger partial charge in [-0.2, -0.15) is 4.31 Å². The Morgan fingerprint density at radius 2 is 1.70 bits per heavy atom. The Kier molecular flexibility index (Phi) is 7.27. The molecule has 0 N–H and O–H groups in total. The molecule has 0 aliphatic carbocycles. The minimum absolute atomic E-state index is 0.0772. The number of carbonyl (C=O) groups is 1. The smallest absolute Gasteiger partial charge is 0.243 e. The van der Waals surface area contributed by atoms with Gasteiger partial charge in [-0.05, 0) is 48.9 Å². The quantitative estimate of drug-likeness (QED) is 0.597. The molecular formula is C20H21ClF2N2O4S. The molecule has 10 heteroatoms. The molecule has 0 atom stereocenters. The van der Waals surface area contributed by atoms with Gasteiger partial charge >= 0.3 is 0 Å². The number of benzene rings is 2. The molecule has 1 amide bonds. The van der Waals surface area contributed by atoms with Crippen molar-refractivity contribution in [3.05, 3.63) is 59.1 Å². The van der Waals surface area contributed by atoms with E-state index in [0.29, 0.717) is 18.8 Å².